The summed E-state index contributed by atoms with van der Waals surface area (Å²) in [4.78, 5) is 22.9. The second-order valence-electron chi connectivity index (χ2n) is 5.27. The van der Waals surface area contributed by atoms with Crippen molar-refractivity contribution in [3.63, 3.8) is 0 Å². The van der Waals surface area contributed by atoms with E-state index in [9.17, 15) is 9.59 Å². The SMILES string of the molecule is O=C(O)CC(NC(=O)CC1CCC1)c1ccc(Br)cc1. The maximum atomic E-state index is 12.0. The number of hydrogen-bond acceptors (Lipinski definition) is 2. The monoisotopic (exact) mass is 339 g/mol. The molecule has 1 aromatic carbocycles. The molecule has 4 nitrogen and oxygen atoms in total. The summed E-state index contributed by atoms with van der Waals surface area (Å²) in [6, 6.07) is 6.90. The van der Waals surface area contributed by atoms with Crippen LogP contribution in [0.15, 0.2) is 28.7 Å². The first kappa shape index (κ1) is 15.0. The maximum absolute atomic E-state index is 12.0. The molecule has 2 rings (SSSR count). The average molecular weight is 340 g/mol. The van der Waals surface area contributed by atoms with Crippen LogP contribution in [0.2, 0.25) is 0 Å². The first-order valence-corrected chi connectivity index (χ1v) is 7.60. The summed E-state index contributed by atoms with van der Waals surface area (Å²) in [5, 5.41) is 11.8. The lowest BCUT2D eigenvalue weighted by Crippen LogP contribution is -2.32. The van der Waals surface area contributed by atoms with E-state index in [0.717, 1.165) is 22.9 Å². The Balaban J connectivity index is 2.00. The van der Waals surface area contributed by atoms with Gasteiger partial charge in [-0.15, -0.1) is 0 Å². The number of amides is 1. The molecule has 0 radical (unpaired) electrons. The zero-order valence-corrected chi connectivity index (χ0v) is 12.7. The van der Waals surface area contributed by atoms with Gasteiger partial charge in [0.25, 0.3) is 0 Å². The Bertz CT molecular complexity index is 482. The highest BCUT2D eigenvalue weighted by Gasteiger charge is 2.23. The lowest BCUT2D eigenvalue weighted by Gasteiger charge is -2.26. The second-order valence-corrected chi connectivity index (χ2v) is 6.19. The standard InChI is InChI=1S/C15H18BrNO3/c16-12-6-4-11(5-7-12)13(9-15(19)20)17-14(18)8-10-2-1-3-10/h4-7,10,13H,1-3,8-9H2,(H,17,18)(H,19,20). The lowest BCUT2D eigenvalue weighted by molar-refractivity contribution is -0.137. The Morgan fingerprint density at radius 2 is 1.95 bits per heavy atom. The molecule has 0 saturated heterocycles. The number of aliphatic carboxylic acids is 1. The van der Waals surface area contributed by atoms with Crippen molar-refractivity contribution in [1.82, 2.24) is 5.32 Å². The van der Waals surface area contributed by atoms with Gasteiger partial charge < -0.3 is 10.4 Å². The fraction of sp³-hybridized carbons (Fsp3) is 0.467. The predicted molar refractivity (Wildman–Crippen MR) is 79.2 cm³/mol. The molecule has 1 aromatic rings. The van der Waals surface area contributed by atoms with Crippen LogP contribution in [-0.4, -0.2) is 17.0 Å². The van der Waals surface area contributed by atoms with Crippen LogP contribution in [0.5, 0.6) is 0 Å². The van der Waals surface area contributed by atoms with E-state index in [-0.39, 0.29) is 12.3 Å². The molecule has 20 heavy (non-hydrogen) atoms. The molecule has 1 fully saturated rings. The van der Waals surface area contributed by atoms with Gasteiger partial charge in [-0.05, 0) is 36.5 Å². The highest BCUT2D eigenvalue weighted by atomic mass is 79.9. The van der Waals surface area contributed by atoms with Gasteiger partial charge in [-0.3, -0.25) is 9.59 Å². The Labute approximate surface area is 126 Å². The molecule has 0 heterocycles. The Morgan fingerprint density at radius 3 is 2.45 bits per heavy atom. The van der Waals surface area contributed by atoms with Crippen LogP contribution < -0.4 is 5.32 Å². The fourth-order valence-corrected chi connectivity index (χ4v) is 2.60. The summed E-state index contributed by atoms with van der Waals surface area (Å²) in [6.07, 6.45) is 3.82. The molecule has 1 aliphatic carbocycles. The maximum Gasteiger partial charge on any atom is 0.305 e. The minimum absolute atomic E-state index is 0.0520. The summed E-state index contributed by atoms with van der Waals surface area (Å²) < 4.78 is 0.927. The normalized spacial score (nSPS) is 16.2. The molecule has 0 spiro atoms. The number of benzene rings is 1. The van der Waals surface area contributed by atoms with E-state index in [2.05, 4.69) is 21.2 Å². The Hall–Kier alpha value is -1.36. The molecule has 2 N–H and O–H groups in total. The number of hydrogen-bond donors (Lipinski definition) is 2. The van der Waals surface area contributed by atoms with Crippen molar-refractivity contribution < 1.29 is 14.7 Å². The van der Waals surface area contributed by atoms with Crippen molar-refractivity contribution in [2.45, 2.75) is 38.1 Å². The van der Waals surface area contributed by atoms with Crippen molar-refractivity contribution in [3.05, 3.63) is 34.3 Å². The van der Waals surface area contributed by atoms with Gasteiger partial charge in [-0.1, -0.05) is 34.5 Å². The minimum Gasteiger partial charge on any atom is -0.481 e. The van der Waals surface area contributed by atoms with E-state index >= 15 is 0 Å². The summed E-state index contributed by atoms with van der Waals surface area (Å²) in [6.45, 7) is 0. The molecule has 1 atom stereocenters. The van der Waals surface area contributed by atoms with Gasteiger partial charge in [0.05, 0.1) is 12.5 Å². The van der Waals surface area contributed by atoms with E-state index in [1.807, 2.05) is 24.3 Å². The van der Waals surface area contributed by atoms with Crippen molar-refractivity contribution in [1.29, 1.82) is 0 Å². The van der Waals surface area contributed by atoms with Crippen molar-refractivity contribution in [2.75, 3.05) is 0 Å². The number of nitrogens with one attached hydrogen (secondary N) is 1. The Morgan fingerprint density at radius 1 is 1.30 bits per heavy atom. The van der Waals surface area contributed by atoms with Crippen LogP contribution in [-0.2, 0) is 9.59 Å². The number of carbonyl (C=O) groups excluding carboxylic acids is 1. The topological polar surface area (TPSA) is 66.4 Å². The van der Waals surface area contributed by atoms with E-state index in [4.69, 9.17) is 5.11 Å². The van der Waals surface area contributed by atoms with Crippen molar-refractivity contribution >= 4 is 27.8 Å². The number of rotatable bonds is 6. The summed E-state index contributed by atoms with van der Waals surface area (Å²) in [7, 11) is 0. The summed E-state index contributed by atoms with van der Waals surface area (Å²) in [5.74, 6) is -0.490. The molecule has 0 bridgehead atoms. The predicted octanol–water partition coefficient (Wildman–Crippen LogP) is 3.27. The summed E-state index contributed by atoms with van der Waals surface area (Å²) in [5.41, 5.74) is 0.817. The first-order chi connectivity index (χ1) is 9.54. The minimum atomic E-state index is -0.915. The van der Waals surface area contributed by atoms with Crippen LogP contribution in [0.3, 0.4) is 0 Å². The van der Waals surface area contributed by atoms with Gasteiger partial charge in [0.2, 0.25) is 5.91 Å². The van der Waals surface area contributed by atoms with Gasteiger partial charge in [0.1, 0.15) is 0 Å². The number of carbonyl (C=O) groups is 2. The zero-order valence-electron chi connectivity index (χ0n) is 11.1. The number of carboxylic acid groups (broad SMARTS) is 1. The van der Waals surface area contributed by atoms with Crippen LogP contribution in [0.1, 0.15) is 43.7 Å². The molecule has 5 heteroatoms. The fourth-order valence-electron chi connectivity index (χ4n) is 2.33. The van der Waals surface area contributed by atoms with Crippen LogP contribution in [0.4, 0.5) is 0 Å². The summed E-state index contributed by atoms with van der Waals surface area (Å²) >= 11 is 3.34. The highest BCUT2D eigenvalue weighted by molar-refractivity contribution is 9.10. The third kappa shape index (κ3) is 4.34. The third-order valence-electron chi connectivity index (χ3n) is 3.69. The largest absolute Gasteiger partial charge is 0.481 e. The number of carboxylic acids is 1. The molecular formula is C15H18BrNO3. The van der Waals surface area contributed by atoms with Gasteiger partial charge in [-0.25, -0.2) is 0 Å². The lowest BCUT2D eigenvalue weighted by atomic mass is 9.83. The second kappa shape index (κ2) is 6.88. The van der Waals surface area contributed by atoms with E-state index in [1.165, 1.54) is 6.42 Å². The smallest absolute Gasteiger partial charge is 0.305 e. The van der Waals surface area contributed by atoms with Crippen LogP contribution >= 0.6 is 15.9 Å². The molecule has 1 aliphatic rings. The van der Waals surface area contributed by atoms with E-state index < -0.39 is 12.0 Å². The van der Waals surface area contributed by atoms with Crippen LogP contribution in [0.25, 0.3) is 0 Å². The van der Waals surface area contributed by atoms with Gasteiger partial charge in [-0.2, -0.15) is 0 Å². The third-order valence-corrected chi connectivity index (χ3v) is 4.21. The molecule has 1 saturated carbocycles. The molecule has 0 aliphatic heterocycles. The first-order valence-electron chi connectivity index (χ1n) is 6.81. The van der Waals surface area contributed by atoms with Gasteiger partial charge >= 0.3 is 5.97 Å². The average Bonchev–Trinajstić information content (AvgIpc) is 2.33. The molecular weight excluding hydrogens is 322 g/mol. The molecule has 1 amide bonds. The molecule has 108 valence electrons. The quantitative estimate of drug-likeness (QED) is 0.835. The zero-order chi connectivity index (χ0) is 14.5. The van der Waals surface area contributed by atoms with E-state index in [0.29, 0.717) is 12.3 Å². The molecule has 1 unspecified atom stereocenters. The highest BCUT2D eigenvalue weighted by Crippen LogP contribution is 2.29. The van der Waals surface area contributed by atoms with Crippen molar-refractivity contribution in [3.8, 4) is 0 Å². The molecule has 0 aromatic heterocycles. The van der Waals surface area contributed by atoms with Crippen LogP contribution in [0, 0.1) is 5.92 Å². The van der Waals surface area contributed by atoms with Gasteiger partial charge in [0, 0.05) is 10.9 Å². The number of halogens is 1. The van der Waals surface area contributed by atoms with Crippen molar-refractivity contribution in [2.24, 2.45) is 5.92 Å². The van der Waals surface area contributed by atoms with E-state index in [1.54, 1.807) is 0 Å². The Kier molecular flexibility index (Phi) is 5.17. The van der Waals surface area contributed by atoms with Gasteiger partial charge in [0.15, 0.2) is 0 Å².